The zero-order chi connectivity index (χ0) is 27.0. The van der Waals surface area contributed by atoms with Crippen molar-refractivity contribution in [3.8, 4) is 0 Å². The maximum absolute atomic E-state index is 13.1. The number of nitrogens with zero attached hydrogens (tertiary/aromatic N) is 1. The minimum Gasteiger partial charge on any atom is -0.389 e. The molecule has 0 bridgehead atoms. The van der Waals surface area contributed by atoms with Crippen molar-refractivity contribution in [3.05, 3.63) is 35.9 Å². The highest BCUT2D eigenvalue weighted by Gasteiger charge is 2.38. The Kier molecular flexibility index (Phi) is 11.2. The molecule has 8 nitrogen and oxygen atoms in total. The van der Waals surface area contributed by atoms with Crippen molar-refractivity contribution in [1.29, 1.82) is 0 Å². The van der Waals surface area contributed by atoms with Crippen LogP contribution in [0, 0.1) is 17.3 Å². The zero-order valence-electron chi connectivity index (χ0n) is 22.7. The maximum atomic E-state index is 13.1. The topological polar surface area (TPSA) is 125 Å². The van der Waals surface area contributed by atoms with E-state index < -0.39 is 34.9 Å². The lowest BCUT2D eigenvalue weighted by Gasteiger charge is -2.34. The van der Waals surface area contributed by atoms with Crippen molar-refractivity contribution >= 4 is 17.8 Å². The minimum atomic E-state index is -1.05. The van der Waals surface area contributed by atoms with Gasteiger partial charge in [0, 0.05) is 18.0 Å². The van der Waals surface area contributed by atoms with E-state index in [1.165, 1.54) is 0 Å². The molecule has 0 saturated carbocycles. The Bertz CT molecular complexity index is 833. The van der Waals surface area contributed by atoms with Gasteiger partial charge in [-0.25, -0.2) is 4.79 Å². The first kappa shape index (κ1) is 30.4. The number of benzene rings is 1. The third kappa shape index (κ3) is 10.3. The monoisotopic (exact) mass is 490 g/mol. The molecular formula is C27H46N4O4. The van der Waals surface area contributed by atoms with E-state index in [1.54, 1.807) is 25.7 Å². The van der Waals surface area contributed by atoms with Crippen molar-refractivity contribution in [3.63, 3.8) is 0 Å². The first-order valence-electron chi connectivity index (χ1n) is 12.4. The second-order valence-electron chi connectivity index (χ2n) is 11.5. The second-order valence-corrected chi connectivity index (χ2v) is 11.5. The zero-order valence-corrected chi connectivity index (χ0v) is 22.7. The van der Waals surface area contributed by atoms with Crippen molar-refractivity contribution in [1.82, 2.24) is 15.5 Å². The number of carbonyl (C=O) groups is 3. The van der Waals surface area contributed by atoms with Gasteiger partial charge in [-0.05, 0) is 45.1 Å². The van der Waals surface area contributed by atoms with Gasteiger partial charge in [0.25, 0.3) is 0 Å². The number of nitrogens with one attached hydrogen (secondary N) is 2. The van der Waals surface area contributed by atoms with Crippen molar-refractivity contribution in [2.75, 3.05) is 13.1 Å². The molecular weight excluding hydrogens is 444 g/mol. The molecule has 0 aliphatic heterocycles. The van der Waals surface area contributed by atoms with Gasteiger partial charge in [-0.2, -0.15) is 0 Å². The second kappa shape index (κ2) is 12.9. The summed E-state index contributed by atoms with van der Waals surface area (Å²) < 4.78 is 0. The molecule has 1 aromatic carbocycles. The Morgan fingerprint density at radius 2 is 1.60 bits per heavy atom. The standard InChI is InChI=1S/C27H46N4O4/c1-18(2)14-15-31(25(35)30-26(4,5)6)17-22(32)21(16-20-12-10-9-11-13-20)29-23(33)19(3)27(7,8)24(28)34/h9-13,18-19,21-22,32H,14-17H2,1-8H3,(H2,28,34)(H,29,33)(H,30,35). The van der Waals surface area contributed by atoms with Crippen LogP contribution in [0.1, 0.15) is 67.4 Å². The fourth-order valence-corrected chi connectivity index (χ4v) is 3.44. The van der Waals surface area contributed by atoms with Crippen LogP contribution in [0.3, 0.4) is 0 Å². The molecule has 1 rings (SSSR count). The summed E-state index contributed by atoms with van der Waals surface area (Å²) in [6, 6.07) is 8.60. The van der Waals surface area contributed by atoms with Crippen LogP contribution in [0.2, 0.25) is 0 Å². The van der Waals surface area contributed by atoms with E-state index in [1.807, 2.05) is 51.1 Å². The number of rotatable bonds is 12. The van der Waals surface area contributed by atoms with Crippen LogP contribution < -0.4 is 16.4 Å². The van der Waals surface area contributed by atoms with Crippen LogP contribution in [0.25, 0.3) is 0 Å². The van der Waals surface area contributed by atoms with E-state index in [0.29, 0.717) is 18.9 Å². The fourth-order valence-electron chi connectivity index (χ4n) is 3.44. The molecule has 0 aromatic heterocycles. The van der Waals surface area contributed by atoms with Gasteiger partial charge < -0.3 is 26.4 Å². The molecule has 5 N–H and O–H groups in total. The van der Waals surface area contributed by atoms with E-state index in [2.05, 4.69) is 24.5 Å². The summed E-state index contributed by atoms with van der Waals surface area (Å²) >= 11 is 0. The molecule has 1 aromatic rings. The van der Waals surface area contributed by atoms with Crippen LogP contribution in [-0.2, 0) is 16.0 Å². The SMILES string of the molecule is CC(C)CCN(CC(O)C(Cc1ccccc1)NC(=O)C(C)C(C)(C)C(N)=O)C(=O)NC(C)(C)C. The highest BCUT2D eigenvalue weighted by atomic mass is 16.3. The third-order valence-electron chi connectivity index (χ3n) is 6.35. The maximum Gasteiger partial charge on any atom is 0.317 e. The van der Waals surface area contributed by atoms with Gasteiger partial charge in [-0.3, -0.25) is 9.59 Å². The third-order valence-corrected chi connectivity index (χ3v) is 6.35. The molecule has 0 heterocycles. The number of primary amides is 1. The van der Waals surface area contributed by atoms with Crippen LogP contribution >= 0.6 is 0 Å². The number of aliphatic hydroxyl groups is 1. The molecule has 0 aliphatic carbocycles. The summed E-state index contributed by atoms with van der Waals surface area (Å²) in [5, 5.41) is 17.2. The number of hydrogen-bond acceptors (Lipinski definition) is 4. The smallest absolute Gasteiger partial charge is 0.317 e. The van der Waals surface area contributed by atoms with E-state index >= 15 is 0 Å². The summed E-state index contributed by atoms with van der Waals surface area (Å²) in [6.07, 6.45) is 0.126. The Labute approximate surface area is 211 Å². The molecule has 3 unspecified atom stereocenters. The van der Waals surface area contributed by atoms with E-state index in [9.17, 15) is 19.5 Å². The number of hydrogen-bond donors (Lipinski definition) is 4. The molecule has 3 atom stereocenters. The Morgan fingerprint density at radius 1 is 1.03 bits per heavy atom. The molecule has 4 amide bonds. The summed E-state index contributed by atoms with van der Waals surface area (Å²) in [4.78, 5) is 39.6. The average molecular weight is 491 g/mol. The van der Waals surface area contributed by atoms with Crippen LogP contribution in [0.5, 0.6) is 0 Å². The summed E-state index contributed by atoms with van der Waals surface area (Å²) in [5.74, 6) is -1.26. The summed E-state index contributed by atoms with van der Waals surface area (Å²) in [5.41, 5.74) is 4.97. The molecule has 0 radical (unpaired) electrons. The summed E-state index contributed by atoms with van der Waals surface area (Å²) in [7, 11) is 0. The first-order valence-corrected chi connectivity index (χ1v) is 12.4. The first-order chi connectivity index (χ1) is 16.0. The van der Waals surface area contributed by atoms with Gasteiger partial charge in [0.15, 0.2) is 0 Å². The number of urea groups is 1. The van der Waals surface area contributed by atoms with Crippen LogP contribution in [0.15, 0.2) is 30.3 Å². The van der Waals surface area contributed by atoms with E-state index in [-0.39, 0.29) is 18.5 Å². The molecule has 198 valence electrons. The lowest BCUT2D eigenvalue weighted by Crippen LogP contribution is -2.56. The fraction of sp³-hybridized carbons (Fsp3) is 0.667. The quantitative estimate of drug-likeness (QED) is 0.359. The van der Waals surface area contributed by atoms with Crippen molar-refractivity contribution < 1.29 is 19.5 Å². The van der Waals surface area contributed by atoms with Gasteiger partial charge in [0.1, 0.15) is 0 Å². The Morgan fingerprint density at radius 3 is 2.09 bits per heavy atom. The van der Waals surface area contributed by atoms with Crippen LogP contribution in [-0.4, -0.2) is 58.6 Å². The molecule has 0 saturated heterocycles. The van der Waals surface area contributed by atoms with Crippen molar-refractivity contribution in [2.45, 2.75) is 85.9 Å². The summed E-state index contributed by atoms with van der Waals surface area (Å²) in [6.45, 7) is 15.3. The predicted octanol–water partition coefficient (Wildman–Crippen LogP) is 3.08. The number of nitrogens with two attached hydrogens (primary N) is 1. The number of amides is 4. The molecule has 35 heavy (non-hydrogen) atoms. The molecule has 0 aliphatic rings. The normalized spacial score (nSPS) is 14.7. The Balaban J connectivity index is 3.15. The lowest BCUT2D eigenvalue weighted by molar-refractivity contribution is -0.138. The lowest BCUT2D eigenvalue weighted by atomic mass is 9.78. The predicted molar refractivity (Wildman–Crippen MR) is 140 cm³/mol. The number of aliphatic hydroxyl groups excluding tert-OH is 1. The highest BCUT2D eigenvalue weighted by molar-refractivity contribution is 5.89. The molecule has 0 spiro atoms. The van der Waals surface area contributed by atoms with E-state index in [4.69, 9.17) is 5.73 Å². The van der Waals surface area contributed by atoms with Gasteiger partial charge in [0.2, 0.25) is 11.8 Å². The molecule has 8 heteroatoms. The van der Waals surface area contributed by atoms with Gasteiger partial charge >= 0.3 is 6.03 Å². The van der Waals surface area contributed by atoms with Crippen molar-refractivity contribution in [2.24, 2.45) is 23.0 Å². The highest BCUT2D eigenvalue weighted by Crippen LogP contribution is 2.26. The number of carbonyl (C=O) groups excluding carboxylic acids is 3. The molecule has 0 fully saturated rings. The van der Waals surface area contributed by atoms with Gasteiger partial charge in [-0.1, -0.05) is 65.0 Å². The van der Waals surface area contributed by atoms with Gasteiger partial charge in [0.05, 0.1) is 24.1 Å². The average Bonchev–Trinajstić information content (AvgIpc) is 2.74. The van der Waals surface area contributed by atoms with E-state index in [0.717, 1.165) is 12.0 Å². The largest absolute Gasteiger partial charge is 0.389 e. The Hall–Kier alpha value is -2.61. The van der Waals surface area contributed by atoms with Crippen LogP contribution in [0.4, 0.5) is 4.79 Å². The van der Waals surface area contributed by atoms with Gasteiger partial charge in [-0.15, -0.1) is 0 Å². The minimum absolute atomic E-state index is 0.0556.